The SMILES string of the molecule is C/C=C(/C)C/C=C\COC1CCc2cc(Cl)ccc21. The molecule has 1 aromatic rings. The number of halogens is 1. The Hall–Kier alpha value is -1.05. The van der Waals surface area contributed by atoms with E-state index in [0.29, 0.717) is 6.61 Å². The maximum atomic E-state index is 6.00. The lowest BCUT2D eigenvalue weighted by Gasteiger charge is -2.11. The van der Waals surface area contributed by atoms with Crippen LogP contribution < -0.4 is 0 Å². The van der Waals surface area contributed by atoms with Gasteiger partial charge in [0.1, 0.15) is 0 Å². The predicted molar refractivity (Wildman–Crippen MR) is 81.7 cm³/mol. The van der Waals surface area contributed by atoms with E-state index in [0.717, 1.165) is 24.3 Å². The molecule has 0 saturated carbocycles. The van der Waals surface area contributed by atoms with E-state index in [1.54, 1.807) is 0 Å². The van der Waals surface area contributed by atoms with Crippen LogP contribution in [0.1, 0.15) is 43.9 Å². The first-order valence-electron chi connectivity index (χ1n) is 6.87. The highest BCUT2D eigenvalue weighted by Crippen LogP contribution is 2.35. The van der Waals surface area contributed by atoms with Crippen LogP contribution in [0.15, 0.2) is 42.0 Å². The molecule has 1 atom stereocenters. The van der Waals surface area contributed by atoms with E-state index < -0.39 is 0 Å². The van der Waals surface area contributed by atoms with Crippen LogP contribution in [-0.4, -0.2) is 6.61 Å². The van der Waals surface area contributed by atoms with Crippen molar-refractivity contribution in [3.05, 3.63) is 58.1 Å². The van der Waals surface area contributed by atoms with Gasteiger partial charge in [0.15, 0.2) is 0 Å². The van der Waals surface area contributed by atoms with E-state index in [-0.39, 0.29) is 6.10 Å². The molecule has 1 nitrogen and oxygen atoms in total. The maximum absolute atomic E-state index is 6.00. The summed E-state index contributed by atoms with van der Waals surface area (Å²) in [5.74, 6) is 0. The van der Waals surface area contributed by atoms with Gasteiger partial charge in [0, 0.05) is 5.02 Å². The van der Waals surface area contributed by atoms with Crippen molar-refractivity contribution in [3.8, 4) is 0 Å². The van der Waals surface area contributed by atoms with Gasteiger partial charge < -0.3 is 4.74 Å². The van der Waals surface area contributed by atoms with Gasteiger partial charge in [-0.05, 0) is 56.4 Å². The van der Waals surface area contributed by atoms with Crippen LogP contribution >= 0.6 is 11.6 Å². The molecular weight excluding hydrogens is 256 g/mol. The van der Waals surface area contributed by atoms with Crippen LogP contribution in [0.3, 0.4) is 0 Å². The second-order valence-corrected chi connectivity index (χ2v) is 5.45. The highest BCUT2D eigenvalue weighted by Gasteiger charge is 2.22. The topological polar surface area (TPSA) is 9.23 Å². The second-order valence-electron chi connectivity index (χ2n) is 5.01. The van der Waals surface area contributed by atoms with E-state index in [9.17, 15) is 0 Å². The fourth-order valence-corrected chi connectivity index (χ4v) is 2.54. The fourth-order valence-electron chi connectivity index (χ4n) is 2.35. The highest BCUT2D eigenvalue weighted by atomic mass is 35.5. The number of ether oxygens (including phenoxy) is 1. The Bertz CT molecular complexity index is 488. The predicted octanol–water partition coefficient (Wildman–Crippen LogP) is 5.26. The van der Waals surface area contributed by atoms with Crippen LogP contribution in [0.4, 0.5) is 0 Å². The van der Waals surface area contributed by atoms with Gasteiger partial charge in [-0.25, -0.2) is 0 Å². The zero-order chi connectivity index (χ0) is 13.7. The summed E-state index contributed by atoms with van der Waals surface area (Å²) in [6, 6.07) is 6.11. The molecule has 0 saturated heterocycles. The number of rotatable bonds is 5. The Morgan fingerprint density at radius 2 is 2.26 bits per heavy atom. The van der Waals surface area contributed by atoms with Crippen LogP contribution in [0, 0.1) is 0 Å². The first-order valence-corrected chi connectivity index (χ1v) is 7.25. The van der Waals surface area contributed by atoms with Crippen LogP contribution in [0.2, 0.25) is 5.02 Å². The second kappa shape index (κ2) is 6.93. The van der Waals surface area contributed by atoms with Crippen molar-refractivity contribution in [1.82, 2.24) is 0 Å². The lowest BCUT2D eigenvalue weighted by atomic mass is 10.1. The van der Waals surface area contributed by atoms with Gasteiger partial charge in [-0.15, -0.1) is 0 Å². The Morgan fingerprint density at radius 3 is 3.05 bits per heavy atom. The summed E-state index contributed by atoms with van der Waals surface area (Å²) in [6.07, 6.45) is 9.81. The van der Waals surface area contributed by atoms with Crippen molar-refractivity contribution in [2.75, 3.05) is 6.61 Å². The van der Waals surface area contributed by atoms with E-state index >= 15 is 0 Å². The van der Waals surface area contributed by atoms with Gasteiger partial charge in [0.05, 0.1) is 12.7 Å². The highest BCUT2D eigenvalue weighted by molar-refractivity contribution is 6.30. The summed E-state index contributed by atoms with van der Waals surface area (Å²) in [5, 5.41) is 0.820. The number of fused-ring (bicyclic) bond motifs is 1. The Morgan fingerprint density at radius 1 is 1.42 bits per heavy atom. The summed E-state index contributed by atoms with van der Waals surface area (Å²) in [7, 11) is 0. The molecule has 2 rings (SSSR count). The van der Waals surface area contributed by atoms with Crippen molar-refractivity contribution < 1.29 is 4.74 Å². The van der Waals surface area contributed by atoms with Crippen LogP contribution in [0.5, 0.6) is 0 Å². The number of allylic oxidation sites excluding steroid dienone is 3. The van der Waals surface area contributed by atoms with E-state index in [1.165, 1.54) is 16.7 Å². The third-order valence-corrected chi connectivity index (χ3v) is 3.86. The largest absolute Gasteiger partial charge is 0.369 e. The summed E-state index contributed by atoms with van der Waals surface area (Å²) in [5.41, 5.74) is 4.03. The summed E-state index contributed by atoms with van der Waals surface area (Å²) < 4.78 is 5.94. The molecule has 0 aliphatic heterocycles. The quantitative estimate of drug-likeness (QED) is 0.667. The number of hydrogen-bond acceptors (Lipinski definition) is 1. The molecular formula is C17H21ClO. The minimum Gasteiger partial charge on any atom is -0.369 e. The molecule has 1 aliphatic carbocycles. The molecule has 0 N–H and O–H groups in total. The average Bonchev–Trinajstić information content (AvgIpc) is 2.80. The van der Waals surface area contributed by atoms with Gasteiger partial charge in [-0.3, -0.25) is 0 Å². The Balaban J connectivity index is 1.83. The van der Waals surface area contributed by atoms with Crippen molar-refractivity contribution in [2.45, 2.75) is 39.2 Å². The van der Waals surface area contributed by atoms with E-state index in [4.69, 9.17) is 16.3 Å². The molecule has 0 aromatic heterocycles. The molecule has 102 valence electrons. The Kier molecular flexibility index (Phi) is 5.24. The molecule has 1 aromatic carbocycles. The van der Waals surface area contributed by atoms with Gasteiger partial charge >= 0.3 is 0 Å². The molecule has 0 fully saturated rings. The molecule has 0 spiro atoms. The standard InChI is InChI=1S/C17H21ClO/c1-3-13(2)6-4-5-11-19-17-10-7-14-12-15(18)8-9-16(14)17/h3-5,8-9,12,17H,6-7,10-11H2,1-2H3/b5-4-,13-3-. The van der Waals surface area contributed by atoms with Crippen molar-refractivity contribution >= 4 is 11.6 Å². The molecule has 1 aliphatic rings. The molecule has 2 heteroatoms. The zero-order valence-corrected chi connectivity index (χ0v) is 12.4. The third-order valence-electron chi connectivity index (χ3n) is 3.62. The van der Waals surface area contributed by atoms with Gasteiger partial charge in [0.2, 0.25) is 0 Å². The lowest BCUT2D eigenvalue weighted by Crippen LogP contribution is -2.00. The Labute approximate surface area is 120 Å². The normalized spacial score (nSPS) is 19.1. The first kappa shape index (κ1) is 14.4. The van der Waals surface area contributed by atoms with Crippen LogP contribution in [0.25, 0.3) is 0 Å². The smallest absolute Gasteiger partial charge is 0.0835 e. The zero-order valence-electron chi connectivity index (χ0n) is 11.7. The van der Waals surface area contributed by atoms with Crippen LogP contribution in [-0.2, 0) is 11.2 Å². The third kappa shape index (κ3) is 3.95. The number of hydrogen-bond donors (Lipinski definition) is 0. The maximum Gasteiger partial charge on any atom is 0.0835 e. The molecule has 0 bridgehead atoms. The fraction of sp³-hybridized carbons (Fsp3) is 0.412. The van der Waals surface area contributed by atoms with Crippen molar-refractivity contribution in [3.63, 3.8) is 0 Å². The first-order chi connectivity index (χ1) is 9.20. The number of benzene rings is 1. The van der Waals surface area contributed by atoms with Gasteiger partial charge in [-0.2, -0.15) is 0 Å². The average molecular weight is 277 g/mol. The lowest BCUT2D eigenvalue weighted by molar-refractivity contribution is 0.0756. The molecule has 0 heterocycles. The summed E-state index contributed by atoms with van der Waals surface area (Å²) in [4.78, 5) is 0. The minimum atomic E-state index is 0.236. The summed E-state index contributed by atoms with van der Waals surface area (Å²) >= 11 is 6.00. The monoisotopic (exact) mass is 276 g/mol. The minimum absolute atomic E-state index is 0.236. The van der Waals surface area contributed by atoms with Crippen molar-refractivity contribution in [1.29, 1.82) is 0 Å². The summed E-state index contributed by atoms with van der Waals surface area (Å²) in [6.45, 7) is 4.89. The van der Waals surface area contributed by atoms with E-state index in [1.807, 2.05) is 6.07 Å². The van der Waals surface area contributed by atoms with Gasteiger partial charge in [-0.1, -0.05) is 41.5 Å². The molecule has 0 amide bonds. The molecule has 0 radical (unpaired) electrons. The molecule has 19 heavy (non-hydrogen) atoms. The number of aryl methyl sites for hydroxylation is 1. The molecule has 1 unspecified atom stereocenters. The van der Waals surface area contributed by atoms with Crippen molar-refractivity contribution in [2.24, 2.45) is 0 Å². The van der Waals surface area contributed by atoms with E-state index in [2.05, 4.69) is 44.2 Å². The van der Waals surface area contributed by atoms with Gasteiger partial charge in [0.25, 0.3) is 0 Å².